The van der Waals surface area contributed by atoms with Crippen LogP contribution in [0.5, 0.6) is 5.75 Å². The number of nitrogens with one attached hydrogen (secondary N) is 1. The molecule has 3 aromatic rings. The van der Waals surface area contributed by atoms with Gasteiger partial charge < -0.3 is 14.8 Å². The van der Waals surface area contributed by atoms with Crippen molar-refractivity contribution < 1.29 is 9.47 Å². The second kappa shape index (κ2) is 7.66. The van der Waals surface area contributed by atoms with Gasteiger partial charge in [0.25, 0.3) is 5.56 Å². The van der Waals surface area contributed by atoms with E-state index in [9.17, 15) is 4.79 Å². The van der Waals surface area contributed by atoms with Crippen molar-refractivity contribution in [2.24, 2.45) is 0 Å². The maximum absolute atomic E-state index is 11.9. The summed E-state index contributed by atoms with van der Waals surface area (Å²) in [5.41, 5.74) is 1.05. The second-order valence-electron chi connectivity index (χ2n) is 6.59. The summed E-state index contributed by atoms with van der Waals surface area (Å²) in [6, 6.07) is 9.75. The van der Waals surface area contributed by atoms with Crippen LogP contribution >= 0.6 is 11.3 Å². The Morgan fingerprint density at radius 3 is 2.74 bits per heavy atom. The zero-order valence-electron chi connectivity index (χ0n) is 15.2. The number of ether oxygens (including phenoxy) is 2. The van der Waals surface area contributed by atoms with E-state index < -0.39 is 0 Å². The van der Waals surface area contributed by atoms with Gasteiger partial charge in [-0.2, -0.15) is 4.52 Å². The molecular weight excluding hydrogens is 364 g/mol. The highest BCUT2D eigenvalue weighted by molar-refractivity contribution is 7.20. The van der Waals surface area contributed by atoms with Crippen molar-refractivity contribution in [3.8, 4) is 5.75 Å². The van der Waals surface area contributed by atoms with E-state index >= 15 is 0 Å². The Morgan fingerprint density at radius 1 is 1.26 bits per heavy atom. The van der Waals surface area contributed by atoms with E-state index in [1.165, 1.54) is 33.7 Å². The third kappa shape index (κ3) is 3.68. The maximum atomic E-state index is 11.9. The summed E-state index contributed by atoms with van der Waals surface area (Å²) in [5.74, 6) is 0.882. The minimum absolute atomic E-state index is 0.0424. The van der Waals surface area contributed by atoms with Crippen LogP contribution < -0.4 is 15.6 Å². The lowest BCUT2D eigenvalue weighted by Gasteiger charge is -2.38. The van der Waals surface area contributed by atoms with Crippen LogP contribution in [-0.2, 0) is 10.2 Å². The normalized spacial score (nSPS) is 16.3. The Kier molecular flexibility index (Phi) is 5.09. The Labute approximate surface area is 161 Å². The first-order valence-electron chi connectivity index (χ1n) is 9.10. The van der Waals surface area contributed by atoms with Gasteiger partial charge in [-0.15, -0.1) is 5.10 Å². The molecule has 2 aromatic heterocycles. The molecule has 27 heavy (non-hydrogen) atoms. The predicted molar refractivity (Wildman–Crippen MR) is 105 cm³/mol. The van der Waals surface area contributed by atoms with Gasteiger partial charge >= 0.3 is 0 Å². The summed E-state index contributed by atoms with van der Waals surface area (Å²) < 4.78 is 12.5. The summed E-state index contributed by atoms with van der Waals surface area (Å²) in [7, 11) is 0. The maximum Gasteiger partial charge on any atom is 0.275 e. The third-order valence-corrected chi connectivity index (χ3v) is 5.86. The second-order valence-corrected chi connectivity index (χ2v) is 7.54. The predicted octanol–water partition coefficient (Wildman–Crippen LogP) is 2.71. The molecule has 1 aromatic carbocycles. The molecule has 0 aliphatic carbocycles. The lowest BCUT2D eigenvalue weighted by molar-refractivity contribution is 0.0543. The fourth-order valence-corrected chi connectivity index (χ4v) is 4.23. The number of fused-ring (bicyclic) bond motifs is 1. The highest BCUT2D eigenvalue weighted by Crippen LogP contribution is 2.36. The van der Waals surface area contributed by atoms with Crippen LogP contribution in [0.15, 0.2) is 41.3 Å². The lowest BCUT2D eigenvalue weighted by atomic mass is 9.74. The zero-order valence-corrected chi connectivity index (χ0v) is 16.0. The van der Waals surface area contributed by atoms with Crippen LogP contribution in [0.2, 0.25) is 0 Å². The number of nitrogens with zero attached hydrogens (tertiary/aromatic N) is 3. The summed E-state index contributed by atoms with van der Waals surface area (Å²) in [6.45, 7) is 4.82. The molecule has 4 rings (SSSR count). The molecule has 0 radical (unpaired) electrons. The first-order valence-corrected chi connectivity index (χ1v) is 9.92. The fraction of sp³-hybridized carbons (Fsp3) is 0.421. The minimum Gasteiger partial charge on any atom is -0.494 e. The Morgan fingerprint density at radius 2 is 2.04 bits per heavy atom. The van der Waals surface area contributed by atoms with E-state index in [0.29, 0.717) is 16.7 Å². The van der Waals surface area contributed by atoms with Gasteiger partial charge in [-0.1, -0.05) is 23.5 Å². The largest absolute Gasteiger partial charge is 0.494 e. The van der Waals surface area contributed by atoms with Gasteiger partial charge in [-0.25, -0.2) is 4.98 Å². The van der Waals surface area contributed by atoms with Crippen molar-refractivity contribution in [3.63, 3.8) is 0 Å². The van der Waals surface area contributed by atoms with Crippen LogP contribution in [0.1, 0.15) is 25.3 Å². The molecule has 3 heterocycles. The van der Waals surface area contributed by atoms with Gasteiger partial charge in [-0.3, -0.25) is 4.79 Å². The average Bonchev–Trinajstić information content (AvgIpc) is 3.13. The number of rotatable bonds is 6. The molecule has 0 spiro atoms. The molecular formula is C19H22N4O3S. The monoisotopic (exact) mass is 386 g/mol. The van der Waals surface area contributed by atoms with Gasteiger partial charge in [0, 0.05) is 37.4 Å². The molecule has 0 saturated carbocycles. The summed E-state index contributed by atoms with van der Waals surface area (Å²) in [6.07, 6.45) is 3.37. The smallest absolute Gasteiger partial charge is 0.275 e. The fourth-order valence-electron chi connectivity index (χ4n) is 3.46. The Balaban J connectivity index is 1.57. The SMILES string of the molecule is CCOc1ccc(C2(CNc3nn4c(=O)ccnc4s3)CCOCC2)cc1. The van der Waals surface area contributed by atoms with Crippen LogP contribution in [0.4, 0.5) is 5.13 Å². The molecule has 0 amide bonds. The lowest BCUT2D eigenvalue weighted by Crippen LogP contribution is -2.40. The number of hydrogen-bond acceptors (Lipinski definition) is 7. The van der Waals surface area contributed by atoms with Crippen molar-refractivity contribution in [2.75, 3.05) is 31.7 Å². The van der Waals surface area contributed by atoms with Gasteiger partial charge in [0.15, 0.2) is 0 Å². The van der Waals surface area contributed by atoms with Crippen molar-refractivity contribution in [2.45, 2.75) is 25.2 Å². The quantitative estimate of drug-likeness (QED) is 0.702. The average molecular weight is 386 g/mol. The first kappa shape index (κ1) is 17.9. The highest BCUT2D eigenvalue weighted by atomic mass is 32.1. The topological polar surface area (TPSA) is 77.8 Å². The Bertz CT molecular complexity index is 961. The molecule has 142 valence electrons. The Hall–Kier alpha value is -2.45. The number of benzene rings is 1. The molecule has 7 nitrogen and oxygen atoms in total. The first-order chi connectivity index (χ1) is 13.2. The van der Waals surface area contributed by atoms with Gasteiger partial charge in [-0.05, 0) is 37.5 Å². The summed E-state index contributed by atoms with van der Waals surface area (Å²) in [4.78, 5) is 16.7. The van der Waals surface area contributed by atoms with Crippen LogP contribution in [0.25, 0.3) is 4.96 Å². The standard InChI is InChI=1S/C19H22N4O3S/c1-2-26-15-5-3-14(4-6-15)19(8-11-25-12-9-19)13-21-17-22-23-16(24)7-10-20-18(23)27-17/h3-7,10H,2,8-9,11-13H2,1H3,(H,21,22). The summed E-state index contributed by atoms with van der Waals surface area (Å²) in [5, 5.41) is 8.49. The molecule has 1 aliphatic rings. The van der Waals surface area contributed by atoms with E-state index in [2.05, 4.69) is 27.5 Å². The molecule has 0 bridgehead atoms. The third-order valence-electron chi connectivity index (χ3n) is 4.98. The molecule has 1 saturated heterocycles. The molecule has 8 heteroatoms. The number of hydrogen-bond donors (Lipinski definition) is 1. The van der Waals surface area contributed by atoms with Gasteiger partial charge in [0.05, 0.1) is 6.61 Å². The molecule has 1 fully saturated rings. The van der Waals surface area contributed by atoms with E-state index in [0.717, 1.165) is 38.3 Å². The van der Waals surface area contributed by atoms with Crippen molar-refractivity contribution in [3.05, 3.63) is 52.4 Å². The van der Waals surface area contributed by atoms with Crippen LogP contribution in [0.3, 0.4) is 0 Å². The van der Waals surface area contributed by atoms with Crippen molar-refractivity contribution >= 4 is 21.4 Å². The number of anilines is 1. The van der Waals surface area contributed by atoms with Crippen molar-refractivity contribution in [1.29, 1.82) is 0 Å². The van der Waals surface area contributed by atoms with E-state index in [-0.39, 0.29) is 11.0 Å². The van der Waals surface area contributed by atoms with E-state index in [1.54, 1.807) is 0 Å². The van der Waals surface area contributed by atoms with E-state index in [4.69, 9.17) is 9.47 Å². The number of aromatic nitrogens is 3. The molecule has 1 aliphatic heterocycles. The minimum atomic E-state index is -0.170. The zero-order chi connectivity index (χ0) is 18.7. The van der Waals surface area contributed by atoms with Crippen LogP contribution in [-0.4, -0.2) is 41.0 Å². The van der Waals surface area contributed by atoms with Crippen molar-refractivity contribution in [1.82, 2.24) is 14.6 Å². The summed E-state index contributed by atoms with van der Waals surface area (Å²) >= 11 is 1.38. The molecule has 0 atom stereocenters. The van der Waals surface area contributed by atoms with Gasteiger partial charge in [0.1, 0.15) is 5.75 Å². The molecule has 1 N–H and O–H groups in total. The van der Waals surface area contributed by atoms with E-state index in [1.807, 2.05) is 19.1 Å². The molecule has 0 unspecified atom stereocenters. The van der Waals surface area contributed by atoms with Gasteiger partial charge in [0.2, 0.25) is 10.1 Å². The van der Waals surface area contributed by atoms with Crippen LogP contribution in [0, 0.1) is 0 Å². The highest BCUT2D eigenvalue weighted by Gasteiger charge is 2.34.